The van der Waals surface area contributed by atoms with Crippen LogP contribution in [0.4, 0.5) is 18.9 Å². The Kier molecular flexibility index (Phi) is 7.63. The largest absolute Gasteiger partial charge is 0.481 e. The normalized spacial score (nSPS) is 11.1. The second-order valence-corrected chi connectivity index (χ2v) is 8.42. The summed E-state index contributed by atoms with van der Waals surface area (Å²) in [6, 6.07) is 22.8. The van der Waals surface area contributed by atoms with Gasteiger partial charge in [0, 0.05) is 23.2 Å². The van der Waals surface area contributed by atoms with Gasteiger partial charge < -0.3 is 14.4 Å². The van der Waals surface area contributed by atoms with Gasteiger partial charge in [0.2, 0.25) is 0 Å². The third-order valence-electron chi connectivity index (χ3n) is 5.85. The molecule has 0 radical (unpaired) electrons. The van der Waals surface area contributed by atoms with E-state index in [1.807, 2.05) is 6.07 Å². The van der Waals surface area contributed by atoms with Crippen LogP contribution in [0.25, 0.3) is 11.3 Å². The monoisotopic (exact) mass is 518 g/mol. The fraction of sp³-hybridized carbons (Fsp3) is 0.138. The number of aliphatic carboxylic acids is 1. The summed E-state index contributed by atoms with van der Waals surface area (Å²) < 4.78 is 46.4. The molecule has 38 heavy (non-hydrogen) atoms. The highest BCUT2D eigenvalue weighted by molar-refractivity contribution is 6.06. The predicted molar refractivity (Wildman–Crippen MR) is 133 cm³/mol. The Hall–Kier alpha value is -4.84. The first-order valence-electron chi connectivity index (χ1n) is 11.5. The molecule has 0 bridgehead atoms. The van der Waals surface area contributed by atoms with E-state index >= 15 is 0 Å². The molecule has 9 heteroatoms. The number of halogens is 3. The van der Waals surface area contributed by atoms with Crippen LogP contribution in [0.2, 0.25) is 0 Å². The first kappa shape index (κ1) is 26.2. The van der Waals surface area contributed by atoms with E-state index in [0.29, 0.717) is 11.3 Å². The minimum Gasteiger partial charge on any atom is -0.481 e. The molecule has 6 nitrogen and oxygen atoms in total. The first-order valence-corrected chi connectivity index (χ1v) is 11.5. The Morgan fingerprint density at radius 2 is 1.68 bits per heavy atom. The van der Waals surface area contributed by atoms with E-state index in [-0.39, 0.29) is 47.6 Å². The quantitative estimate of drug-likeness (QED) is 0.280. The number of hydrogen-bond acceptors (Lipinski definition) is 4. The third kappa shape index (κ3) is 5.93. The molecule has 0 saturated heterocycles. The number of para-hydroxylation sites is 1. The van der Waals surface area contributed by atoms with E-state index in [9.17, 15) is 28.0 Å². The maximum absolute atomic E-state index is 13.7. The number of aryl methyl sites for hydroxylation is 1. The number of furan rings is 1. The summed E-state index contributed by atoms with van der Waals surface area (Å²) in [6.07, 6.45) is -4.60. The second-order valence-electron chi connectivity index (χ2n) is 8.42. The number of benzene rings is 3. The predicted octanol–water partition coefficient (Wildman–Crippen LogP) is 6.70. The molecular weight excluding hydrogens is 497 g/mol. The van der Waals surface area contributed by atoms with Gasteiger partial charge in [-0.25, -0.2) is 0 Å². The average molecular weight is 518 g/mol. The Morgan fingerprint density at radius 3 is 2.42 bits per heavy atom. The highest BCUT2D eigenvalue weighted by Crippen LogP contribution is 2.38. The summed E-state index contributed by atoms with van der Waals surface area (Å²) in [4.78, 5) is 26.2. The minimum atomic E-state index is -4.58. The molecule has 4 aromatic rings. The van der Waals surface area contributed by atoms with E-state index in [4.69, 9.17) is 9.52 Å². The van der Waals surface area contributed by atoms with Gasteiger partial charge in [-0.1, -0.05) is 42.5 Å². The highest BCUT2D eigenvalue weighted by Gasteiger charge is 2.34. The van der Waals surface area contributed by atoms with Gasteiger partial charge in [-0.15, -0.1) is 0 Å². The van der Waals surface area contributed by atoms with Gasteiger partial charge in [-0.3, -0.25) is 9.59 Å². The fourth-order valence-corrected chi connectivity index (χ4v) is 4.08. The molecule has 0 aliphatic carbocycles. The Balaban J connectivity index is 1.75. The molecule has 0 saturated carbocycles. The lowest BCUT2D eigenvalue weighted by Crippen LogP contribution is -2.31. The molecule has 192 valence electrons. The Labute approximate surface area is 216 Å². The molecule has 0 fully saturated rings. The van der Waals surface area contributed by atoms with Crippen LogP contribution in [0.1, 0.15) is 39.2 Å². The lowest BCUT2D eigenvalue weighted by molar-refractivity contribution is -0.138. The van der Waals surface area contributed by atoms with Gasteiger partial charge in [-0.05, 0) is 54.4 Å². The van der Waals surface area contributed by atoms with Gasteiger partial charge in [0.1, 0.15) is 11.5 Å². The number of carbonyl (C=O) groups excluding carboxylic acids is 1. The lowest BCUT2D eigenvalue weighted by atomic mass is 10.0. The standard InChI is InChI=1S/C29H21F3N2O4/c30-29(31,32)24-10-3-2-9-23(24)26-14-13-22(38-26)18-34(28(37)21-8-5-6-19(16-21)17-33)25-11-4-1-7-20(25)12-15-27(35)36/h1-11,13-14,16H,12,15,18H2,(H,35,36). The van der Waals surface area contributed by atoms with Crippen LogP contribution >= 0.6 is 0 Å². The van der Waals surface area contributed by atoms with Crippen molar-refractivity contribution in [3.63, 3.8) is 0 Å². The SMILES string of the molecule is N#Cc1cccc(C(=O)N(Cc2ccc(-c3ccccc3C(F)(F)F)o2)c2ccccc2CCC(=O)O)c1. The van der Waals surface area contributed by atoms with E-state index < -0.39 is 23.6 Å². The molecule has 1 N–H and O–H groups in total. The molecule has 1 aromatic heterocycles. The highest BCUT2D eigenvalue weighted by atomic mass is 19.4. The summed E-state index contributed by atoms with van der Waals surface area (Å²) in [7, 11) is 0. The summed E-state index contributed by atoms with van der Waals surface area (Å²) in [5, 5.41) is 18.4. The van der Waals surface area contributed by atoms with Gasteiger partial charge in [-0.2, -0.15) is 18.4 Å². The fourth-order valence-electron chi connectivity index (χ4n) is 4.08. The number of nitriles is 1. The summed E-state index contributed by atoms with van der Waals surface area (Å²) in [6.45, 7) is -0.145. The molecule has 0 aliphatic rings. The van der Waals surface area contributed by atoms with E-state index in [1.165, 1.54) is 41.3 Å². The maximum atomic E-state index is 13.7. The van der Waals surface area contributed by atoms with Crippen molar-refractivity contribution < 1.29 is 32.3 Å². The number of hydrogen-bond donors (Lipinski definition) is 1. The number of anilines is 1. The zero-order valence-corrected chi connectivity index (χ0v) is 19.9. The van der Waals surface area contributed by atoms with E-state index in [2.05, 4.69) is 0 Å². The zero-order chi connectivity index (χ0) is 27.3. The van der Waals surface area contributed by atoms with Crippen LogP contribution in [0, 0.1) is 11.3 Å². The van der Waals surface area contributed by atoms with E-state index in [0.717, 1.165) is 6.07 Å². The number of carbonyl (C=O) groups is 2. The van der Waals surface area contributed by atoms with Crippen molar-refractivity contribution in [2.24, 2.45) is 0 Å². The number of nitrogens with zero attached hydrogens (tertiary/aromatic N) is 2. The summed E-state index contributed by atoms with van der Waals surface area (Å²) >= 11 is 0. The van der Waals surface area contributed by atoms with E-state index in [1.54, 1.807) is 42.5 Å². The zero-order valence-electron chi connectivity index (χ0n) is 19.9. The first-order chi connectivity index (χ1) is 18.2. The molecule has 0 atom stereocenters. The van der Waals surface area contributed by atoms with Crippen molar-refractivity contribution in [3.8, 4) is 17.4 Å². The van der Waals surface area contributed by atoms with Crippen LogP contribution in [0.3, 0.4) is 0 Å². The molecular formula is C29H21F3N2O4. The molecule has 4 rings (SSSR count). The topological polar surface area (TPSA) is 94.5 Å². The van der Waals surface area contributed by atoms with Crippen molar-refractivity contribution in [1.82, 2.24) is 0 Å². The second kappa shape index (κ2) is 11.0. The summed E-state index contributed by atoms with van der Waals surface area (Å²) in [5.74, 6) is -1.28. The van der Waals surface area contributed by atoms with Crippen molar-refractivity contribution in [3.05, 3.63) is 113 Å². The Morgan fingerprint density at radius 1 is 0.947 bits per heavy atom. The maximum Gasteiger partial charge on any atom is 0.417 e. The van der Waals surface area contributed by atoms with Crippen molar-refractivity contribution >= 4 is 17.6 Å². The van der Waals surface area contributed by atoms with Crippen LogP contribution < -0.4 is 4.90 Å². The number of amides is 1. The molecule has 1 amide bonds. The molecule has 1 heterocycles. The van der Waals surface area contributed by atoms with Crippen LogP contribution in [-0.4, -0.2) is 17.0 Å². The van der Waals surface area contributed by atoms with Crippen LogP contribution in [-0.2, 0) is 23.9 Å². The van der Waals surface area contributed by atoms with Crippen molar-refractivity contribution in [1.29, 1.82) is 5.26 Å². The number of carboxylic acid groups (broad SMARTS) is 1. The number of rotatable bonds is 8. The van der Waals surface area contributed by atoms with Crippen LogP contribution in [0.5, 0.6) is 0 Å². The lowest BCUT2D eigenvalue weighted by Gasteiger charge is -2.25. The number of alkyl halides is 3. The molecule has 0 aliphatic heterocycles. The third-order valence-corrected chi connectivity index (χ3v) is 5.85. The average Bonchev–Trinajstić information content (AvgIpc) is 3.38. The summed E-state index contributed by atoms with van der Waals surface area (Å²) in [5.41, 5.74) is 0.530. The number of carboxylic acids is 1. The van der Waals surface area contributed by atoms with Gasteiger partial charge in [0.15, 0.2) is 0 Å². The smallest absolute Gasteiger partial charge is 0.417 e. The molecule has 3 aromatic carbocycles. The minimum absolute atomic E-state index is 0.00837. The van der Waals surface area contributed by atoms with Gasteiger partial charge in [0.25, 0.3) is 5.91 Å². The van der Waals surface area contributed by atoms with Gasteiger partial charge >= 0.3 is 12.1 Å². The van der Waals surface area contributed by atoms with Crippen LogP contribution in [0.15, 0.2) is 89.3 Å². The van der Waals surface area contributed by atoms with Crippen molar-refractivity contribution in [2.45, 2.75) is 25.6 Å². The Bertz CT molecular complexity index is 1520. The van der Waals surface area contributed by atoms with Gasteiger partial charge in [0.05, 0.1) is 23.7 Å². The van der Waals surface area contributed by atoms with Crippen molar-refractivity contribution in [2.75, 3.05) is 4.90 Å². The molecule has 0 unspecified atom stereocenters. The molecule has 0 spiro atoms.